The second-order valence-corrected chi connectivity index (χ2v) is 5.06. The number of nitrogens with zero attached hydrogens (tertiary/aromatic N) is 1. The summed E-state index contributed by atoms with van der Waals surface area (Å²) in [6.07, 6.45) is -0.417. The van der Waals surface area contributed by atoms with E-state index in [4.69, 9.17) is 9.47 Å². The van der Waals surface area contributed by atoms with E-state index in [1.54, 1.807) is 20.8 Å². The molecule has 1 fully saturated rings. The highest BCUT2D eigenvalue weighted by Crippen LogP contribution is 2.22. The van der Waals surface area contributed by atoms with Gasteiger partial charge in [-0.3, -0.25) is 9.69 Å². The molecule has 0 aromatic carbocycles. The summed E-state index contributed by atoms with van der Waals surface area (Å²) in [6, 6.07) is -0.352. The summed E-state index contributed by atoms with van der Waals surface area (Å²) < 4.78 is 10.0. The van der Waals surface area contributed by atoms with Gasteiger partial charge in [0.15, 0.2) is 0 Å². The summed E-state index contributed by atoms with van der Waals surface area (Å²) in [4.78, 5) is 23.5. The van der Waals surface area contributed by atoms with E-state index in [-0.39, 0.29) is 25.3 Å². The molecule has 6 nitrogen and oxygen atoms in total. The van der Waals surface area contributed by atoms with Gasteiger partial charge in [-0.05, 0) is 20.8 Å². The fourth-order valence-corrected chi connectivity index (χ4v) is 1.77. The van der Waals surface area contributed by atoms with Crippen molar-refractivity contribution in [3.63, 3.8) is 0 Å². The molecule has 1 amide bonds. The number of amides is 1. The van der Waals surface area contributed by atoms with Crippen LogP contribution in [0.5, 0.6) is 0 Å². The van der Waals surface area contributed by atoms with Crippen molar-refractivity contribution in [1.29, 1.82) is 0 Å². The van der Waals surface area contributed by atoms with E-state index in [9.17, 15) is 14.7 Å². The van der Waals surface area contributed by atoms with Crippen molar-refractivity contribution in [2.45, 2.75) is 44.9 Å². The van der Waals surface area contributed by atoms with Crippen molar-refractivity contribution < 1.29 is 24.2 Å². The number of likely N-dealkylation sites (tertiary alicyclic amines) is 1. The normalized spacial score (nSPS) is 24.6. The average Bonchev–Trinajstić information content (AvgIpc) is 2.59. The molecule has 0 aliphatic carbocycles. The van der Waals surface area contributed by atoms with Crippen LogP contribution in [0.15, 0.2) is 0 Å². The third-order valence-electron chi connectivity index (χ3n) is 2.46. The highest BCUT2D eigenvalue weighted by molar-refractivity contribution is 5.69. The summed E-state index contributed by atoms with van der Waals surface area (Å²) >= 11 is 0. The monoisotopic (exact) mass is 245 g/mol. The van der Waals surface area contributed by atoms with Crippen molar-refractivity contribution in [3.8, 4) is 0 Å². The van der Waals surface area contributed by atoms with Crippen LogP contribution in [0.4, 0.5) is 4.79 Å². The first-order valence-corrected chi connectivity index (χ1v) is 5.57. The van der Waals surface area contributed by atoms with Crippen LogP contribution in [-0.4, -0.2) is 53.5 Å². The van der Waals surface area contributed by atoms with Crippen molar-refractivity contribution in [1.82, 2.24) is 4.90 Å². The summed E-state index contributed by atoms with van der Waals surface area (Å²) in [6.45, 7) is 5.77. The van der Waals surface area contributed by atoms with E-state index < -0.39 is 11.7 Å². The first-order chi connectivity index (χ1) is 7.87. The molecule has 2 unspecified atom stereocenters. The Kier molecular flexibility index (Phi) is 4.34. The Morgan fingerprint density at radius 1 is 1.53 bits per heavy atom. The number of rotatable bonds is 3. The van der Waals surface area contributed by atoms with Crippen molar-refractivity contribution in [2.75, 3.05) is 13.2 Å². The Balaban J connectivity index is 2.62. The molecule has 98 valence electrons. The van der Waals surface area contributed by atoms with Crippen LogP contribution >= 0.6 is 0 Å². The second kappa shape index (κ2) is 5.35. The molecule has 0 radical (unpaired) electrons. The molecule has 1 heterocycles. The molecule has 1 aliphatic heterocycles. The molecule has 0 saturated carbocycles. The summed E-state index contributed by atoms with van der Waals surface area (Å²) in [5.41, 5.74) is -0.583. The summed E-state index contributed by atoms with van der Waals surface area (Å²) in [5.74, 6) is 0. The maximum Gasteiger partial charge on any atom is 0.410 e. The quantitative estimate of drug-likeness (QED) is 0.734. The predicted molar refractivity (Wildman–Crippen MR) is 59.4 cm³/mol. The van der Waals surface area contributed by atoms with Gasteiger partial charge in [0, 0.05) is 6.42 Å². The summed E-state index contributed by atoms with van der Waals surface area (Å²) in [5, 5.41) is 9.18. The predicted octanol–water partition coefficient (Wildman–Crippen LogP) is 0.530. The molecular weight excluding hydrogens is 226 g/mol. The van der Waals surface area contributed by atoms with Gasteiger partial charge in [-0.15, -0.1) is 0 Å². The number of carbonyl (C=O) groups excluding carboxylic acids is 2. The third kappa shape index (κ3) is 3.89. The van der Waals surface area contributed by atoms with Crippen LogP contribution in [0.25, 0.3) is 0 Å². The molecule has 2 atom stereocenters. The molecule has 0 bridgehead atoms. The highest BCUT2D eigenvalue weighted by Gasteiger charge is 2.38. The van der Waals surface area contributed by atoms with Gasteiger partial charge >= 0.3 is 6.09 Å². The van der Waals surface area contributed by atoms with Gasteiger partial charge in [-0.1, -0.05) is 0 Å². The number of hydrogen-bond acceptors (Lipinski definition) is 5. The molecule has 0 aromatic heterocycles. The zero-order valence-electron chi connectivity index (χ0n) is 10.4. The SMILES string of the molecule is CC(C)(C)OC(=O)N1CC(OC=O)CC1CO. The van der Waals surface area contributed by atoms with Crippen LogP contribution < -0.4 is 0 Å². The number of hydrogen-bond donors (Lipinski definition) is 1. The van der Waals surface area contributed by atoms with Crippen molar-refractivity contribution in [3.05, 3.63) is 0 Å². The number of ether oxygens (including phenoxy) is 2. The number of aliphatic hydroxyl groups is 1. The fourth-order valence-electron chi connectivity index (χ4n) is 1.77. The van der Waals surface area contributed by atoms with E-state index in [1.807, 2.05) is 0 Å². The van der Waals surface area contributed by atoms with E-state index in [0.29, 0.717) is 12.9 Å². The van der Waals surface area contributed by atoms with Gasteiger partial charge in [0.05, 0.1) is 19.2 Å². The van der Waals surface area contributed by atoms with E-state index in [1.165, 1.54) is 4.90 Å². The Morgan fingerprint density at radius 2 is 2.18 bits per heavy atom. The Bertz CT molecular complexity index is 286. The van der Waals surface area contributed by atoms with E-state index >= 15 is 0 Å². The number of aliphatic hydroxyl groups excluding tert-OH is 1. The summed E-state index contributed by atoms with van der Waals surface area (Å²) in [7, 11) is 0. The Labute approximate surface area is 100 Å². The van der Waals surface area contributed by atoms with E-state index in [2.05, 4.69) is 0 Å². The Morgan fingerprint density at radius 3 is 2.65 bits per heavy atom. The molecular formula is C11H19NO5. The standard InChI is InChI=1S/C11H19NO5/c1-11(2,3)17-10(15)12-5-9(16-7-14)4-8(12)6-13/h7-9,13H,4-6H2,1-3H3. The van der Waals surface area contributed by atoms with Crippen LogP contribution in [0.1, 0.15) is 27.2 Å². The molecule has 0 spiro atoms. The van der Waals surface area contributed by atoms with Crippen LogP contribution in [0.2, 0.25) is 0 Å². The molecule has 1 saturated heterocycles. The minimum absolute atomic E-state index is 0.169. The zero-order valence-corrected chi connectivity index (χ0v) is 10.4. The van der Waals surface area contributed by atoms with Crippen molar-refractivity contribution in [2.24, 2.45) is 0 Å². The maximum absolute atomic E-state index is 11.8. The molecule has 6 heteroatoms. The molecule has 1 aliphatic rings. The van der Waals surface area contributed by atoms with Gasteiger partial charge in [-0.25, -0.2) is 4.79 Å². The molecule has 17 heavy (non-hydrogen) atoms. The van der Waals surface area contributed by atoms with Crippen LogP contribution in [0.3, 0.4) is 0 Å². The minimum Gasteiger partial charge on any atom is -0.463 e. The van der Waals surface area contributed by atoms with Crippen molar-refractivity contribution >= 4 is 12.6 Å². The third-order valence-corrected chi connectivity index (χ3v) is 2.46. The first kappa shape index (κ1) is 13.8. The lowest BCUT2D eigenvalue weighted by molar-refractivity contribution is -0.133. The maximum atomic E-state index is 11.8. The highest BCUT2D eigenvalue weighted by atomic mass is 16.6. The lowest BCUT2D eigenvalue weighted by atomic mass is 10.2. The zero-order chi connectivity index (χ0) is 13.1. The van der Waals surface area contributed by atoms with Gasteiger partial charge in [0.2, 0.25) is 0 Å². The van der Waals surface area contributed by atoms with Gasteiger partial charge in [0.1, 0.15) is 11.7 Å². The lowest BCUT2D eigenvalue weighted by Crippen LogP contribution is -2.41. The van der Waals surface area contributed by atoms with Gasteiger partial charge in [-0.2, -0.15) is 0 Å². The Hall–Kier alpha value is -1.30. The molecule has 0 aromatic rings. The van der Waals surface area contributed by atoms with Gasteiger partial charge in [0.25, 0.3) is 6.47 Å². The lowest BCUT2D eigenvalue weighted by Gasteiger charge is -2.27. The second-order valence-electron chi connectivity index (χ2n) is 5.06. The van der Waals surface area contributed by atoms with E-state index in [0.717, 1.165) is 0 Å². The average molecular weight is 245 g/mol. The number of carbonyl (C=O) groups is 2. The molecule has 1 rings (SSSR count). The van der Waals surface area contributed by atoms with Crippen LogP contribution in [0, 0.1) is 0 Å². The minimum atomic E-state index is -0.583. The molecule has 1 N–H and O–H groups in total. The topological polar surface area (TPSA) is 76.1 Å². The first-order valence-electron chi connectivity index (χ1n) is 5.57. The van der Waals surface area contributed by atoms with Gasteiger partial charge < -0.3 is 14.6 Å². The van der Waals surface area contributed by atoms with Crippen LogP contribution in [-0.2, 0) is 14.3 Å². The largest absolute Gasteiger partial charge is 0.463 e. The smallest absolute Gasteiger partial charge is 0.410 e. The fraction of sp³-hybridized carbons (Fsp3) is 0.818.